The minimum Gasteiger partial charge on any atom is -0.466 e. The number of benzene rings is 1. The molecule has 1 aromatic carbocycles. The van der Waals surface area contributed by atoms with Crippen LogP contribution in [0, 0.1) is 26.6 Å². The number of aliphatic hydroxyl groups is 1. The lowest BCUT2D eigenvalue weighted by Gasteiger charge is -2.13. The van der Waals surface area contributed by atoms with Gasteiger partial charge in [0.25, 0.3) is 0 Å². The third kappa shape index (κ3) is 2.57. The van der Waals surface area contributed by atoms with Crippen molar-refractivity contribution >= 4 is 27.5 Å². The van der Waals surface area contributed by atoms with Crippen LogP contribution in [0.4, 0.5) is 4.39 Å². The highest BCUT2D eigenvalue weighted by molar-refractivity contribution is 9.10. The van der Waals surface area contributed by atoms with Crippen LogP contribution in [0.3, 0.4) is 0 Å². The van der Waals surface area contributed by atoms with E-state index in [0.29, 0.717) is 20.8 Å². The average Bonchev–Trinajstić information content (AvgIpc) is 2.57. The monoisotopic (exact) mass is 346 g/mol. The van der Waals surface area contributed by atoms with Gasteiger partial charge in [-0.1, -0.05) is 11.6 Å². The number of rotatable bonds is 2. The van der Waals surface area contributed by atoms with Gasteiger partial charge in [0.15, 0.2) is 0 Å². The van der Waals surface area contributed by atoms with Crippen molar-refractivity contribution in [2.24, 2.45) is 0 Å². The molecule has 0 aliphatic carbocycles. The molecule has 102 valence electrons. The second kappa shape index (κ2) is 5.27. The number of hydrogen-bond donors (Lipinski definition) is 1. The zero-order valence-electron chi connectivity index (χ0n) is 10.7. The lowest BCUT2D eigenvalue weighted by Crippen LogP contribution is -2.05. The molecule has 0 bridgehead atoms. The maximum atomic E-state index is 14.0. The minimum absolute atomic E-state index is 0.139. The van der Waals surface area contributed by atoms with E-state index in [1.165, 1.54) is 12.1 Å². The van der Waals surface area contributed by atoms with Crippen LogP contribution in [0.5, 0.6) is 0 Å². The Labute approximate surface area is 124 Å². The largest absolute Gasteiger partial charge is 0.466 e. The number of aryl methyl sites for hydroxylation is 2. The van der Waals surface area contributed by atoms with Gasteiger partial charge < -0.3 is 9.52 Å². The van der Waals surface area contributed by atoms with Gasteiger partial charge in [-0.2, -0.15) is 0 Å². The van der Waals surface area contributed by atoms with E-state index in [4.69, 9.17) is 16.0 Å². The fourth-order valence-electron chi connectivity index (χ4n) is 2.12. The normalized spacial score (nSPS) is 12.8. The van der Waals surface area contributed by atoms with Crippen LogP contribution >= 0.6 is 27.5 Å². The molecule has 2 rings (SSSR count). The molecule has 1 heterocycles. The molecular weight excluding hydrogens is 335 g/mol. The first kappa shape index (κ1) is 14.6. The fraction of sp³-hybridized carbons (Fsp3) is 0.286. The lowest BCUT2D eigenvalue weighted by molar-refractivity contribution is 0.212. The molecule has 0 aliphatic heterocycles. The maximum Gasteiger partial charge on any atom is 0.130 e. The van der Waals surface area contributed by atoms with Crippen molar-refractivity contribution < 1.29 is 13.9 Å². The summed E-state index contributed by atoms with van der Waals surface area (Å²) in [5.41, 5.74) is 1.55. The zero-order valence-corrected chi connectivity index (χ0v) is 13.1. The molecule has 0 fully saturated rings. The third-order valence-electron chi connectivity index (χ3n) is 3.23. The number of furan rings is 1. The van der Waals surface area contributed by atoms with Gasteiger partial charge in [0.1, 0.15) is 23.4 Å². The van der Waals surface area contributed by atoms with Crippen LogP contribution in [0.2, 0.25) is 5.02 Å². The highest BCUT2D eigenvalue weighted by Gasteiger charge is 2.23. The van der Waals surface area contributed by atoms with E-state index in [9.17, 15) is 9.50 Å². The molecule has 0 saturated heterocycles. The van der Waals surface area contributed by atoms with E-state index >= 15 is 0 Å². The van der Waals surface area contributed by atoms with Gasteiger partial charge >= 0.3 is 0 Å². The molecule has 0 amide bonds. The number of halogens is 3. The van der Waals surface area contributed by atoms with Gasteiger partial charge in [-0.3, -0.25) is 0 Å². The topological polar surface area (TPSA) is 33.4 Å². The van der Waals surface area contributed by atoms with E-state index in [1.54, 1.807) is 6.92 Å². The van der Waals surface area contributed by atoms with E-state index in [0.717, 1.165) is 11.3 Å². The quantitative estimate of drug-likeness (QED) is 0.788. The van der Waals surface area contributed by atoms with Crippen LogP contribution < -0.4 is 0 Å². The molecule has 5 heteroatoms. The molecule has 2 nitrogen and oxygen atoms in total. The highest BCUT2D eigenvalue weighted by Crippen LogP contribution is 2.35. The van der Waals surface area contributed by atoms with Crippen molar-refractivity contribution in [3.05, 3.63) is 55.7 Å². The summed E-state index contributed by atoms with van der Waals surface area (Å²) in [6, 6.07) is 2.67. The Morgan fingerprint density at radius 3 is 2.42 bits per heavy atom. The Bertz CT molecular complexity index is 637. The SMILES string of the molecule is Cc1oc(C)c(C(O)c2cc(Cl)c(Br)cc2F)c1C. The number of hydrogen-bond acceptors (Lipinski definition) is 2. The zero-order chi connectivity index (χ0) is 14.3. The van der Waals surface area contributed by atoms with Crippen LogP contribution in [0.1, 0.15) is 34.3 Å². The van der Waals surface area contributed by atoms with Crippen molar-refractivity contribution in [1.82, 2.24) is 0 Å². The van der Waals surface area contributed by atoms with Gasteiger partial charge in [-0.15, -0.1) is 0 Å². The Morgan fingerprint density at radius 2 is 1.89 bits per heavy atom. The predicted octanol–water partition coefficient (Wildman–Crippen LogP) is 4.84. The molecule has 1 N–H and O–H groups in total. The van der Waals surface area contributed by atoms with Crippen LogP contribution in [-0.4, -0.2) is 5.11 Å². The summed E-state index contributed by atoms with van der Waals surface area (Å²) < 4.78 is 19.9. The molecule has 1 aromatic heterocycles. The molecule has 0 saturated carbocycles. The van der Waals surface area contributed by atoms with Gasteiger partial charge in [-0.05, 0) is 54.4 Å². The fourth-order valence-corrected chi connectivity index (χ4v) is 2.60. The van der Waals surface area contributed by atoms with Crippen molar-refractivity contribution in [1.29, 1.82) is 0 Å². The van der Waals surface area contributed by atoms with E-state index in [1.807, 2.05) is 13.8 Å². The van der Waals surface area contributed by atoms with Crippen molar-refractivity contribution in [2.75, 3.05) is 0 Å². The average molecular weight is 348 g/mol. The second-order valence-corrected chi connectivity index (χ2v) is 5.71. The summed E-state index contributed by atoms with van der Waals surface area (Å²) in [6.45, 7) is 5.39. The Balaban J connectivity index is 2.56. The summed E-state index contributed by atoms with van der Waals surface area (Å²) in [5, 5.41) is 10.7. The summed E-state index contributed by atoms with van der Waals surface area (Å²) >= 11 is 9.10. The number of aliphatic hydroxyl groups excluding tert-OH is 1. The Morgan fingerprint density at radius 1 is 1.26 bits per heavy atom. The first-order chi connectivity index (χ1) is 8.82. The van der Waals surface area contributed by atoms with E-state index < -0.39 is 11.9 Å². The van der Waals surface area contributed by atoms with Crippen LogP contribution in [0.15, 0.2) is 21.0 Å². The smallest absolute Gasteiger partial charge is 0.130 e. The first-order valence-electron chi connectivity index (χ1n) is 5.72. The summed E-state index contributed by atoms with van der Waals surface area (Å²) in [6.07, 6.45) is -1.09. The second-order valence-electron chi connectivity index (χ2n) is 4.44. The van der Waals surface area contributed by atoms with Crippen molar-refractivity contribution in [3.8, 4) is 0 Å². The minimum atomic E-state index is -1.09. The molecule has 0 radical (unpaired) electrons. The Kier molecular flexibility index (Phi) is 4.04. The standard InChI is InChI=1S/C14H13BrClFO2/c1-6-7(2)19-8(3)13(6)14(18)9-4-11(16)10(15)5-12(9)17/h4-5,14,18H,1-3H3. The van der Waals surface area contributed by atoms with Crippen LogP contribution in [-0.2, 0) is 0 Å². The van der Waals surface area contributed by atoms with Gasteiger partial charge in [0.2, 0.25) is 0 Å². The molecule has 1 atom stereocenters. The van der Waals surface area contributed by atoms with Gasteiger partial charge in [0, 0.05) is 15.6 Å². The lowest BCUT2D eigenvalue weighted by atomic mass is 9.98. The summed E-state index contributed by atoms with van der Waals surface area (Å²) in [4.78, 5) is 0. The van der Waals surface area contributed by atoms with E-state index in [-0.39, 0.29) is 5.56 Å². The molecule has 0 aliphatic rings. The molecule has 19 heavy (non-hydrogen) atoms. The molecule has 1 unspecified atom stereocenters. The van der Waals surface area contributed by atoms with Crippen LogP contribution in [0.25, 0.3) is 0 Å². The Hall–Kier alpha value is -0.840. The van der Waals surface area contributed by atoms with E-state index in [2.05, 4.69) is 15.9 Å². The molecule has 0 spiro atoms. The van der Waals surface area contributed by atoms with Crippen molar-refractivity contribution in [2.45, 2.75) is 26.9 Å². The predicted molar refractivity (Wildman–Crippen MR) is 76.1 cm³/mol. The highest BCUT2D eigenvalue weighted by atomic mass is 79.9. The third-order valence-corrected chi connectivity index (χ3v) is 4.42. The molecular formula is C14H13BrClFO2. The van der Waals surface area contributed by atoms with Gasteiger partial charge in [0.05, 0.1) is 5.02 Å². The summed E-state index contributed by atoms with van der Waals surface area (Å²) in [7, 11) is 0. The maximum absolute atomic E-state index is 14.0. The first-order valence-corrected chi connectivity index (χ1v) is 6.89. The summed E-state index contributed by atoms with van der Waals surface area (Å²) in [5.74, 6) is 0.789. The molecule has 2 aromatic rings. The van der Waals surface area contributed by atoms with Crippen molar-refractivity contribution in [3.63, 3.8) is 0 Å². The van der Waals surface area contributed by atoms with Gasteiger partial charge in [-0.25, -0.2) is 4.39 Å².